The summed E-state index contributed by atoms with van der Waals surface area (Å²) in [7, 11) is 0. The van der Waals surface area contributed by atoms with Gasteiger partial charge in [-0.25, -0.2) is 0 Å². The molecule has 0 aliphatic heterocycles. The van der Waals surface area contributed by atoms with Crippen LogP contribution in [0, 0.1) is 6.92 Å². The van der Waals surface area contributed by atoms with Crippen LogP contribution in [0.4, 0.5) is 5.69 Å². The summed E-state index contributed by atoms with van der Waals surface area (Å²) in [6.07, 6.45) is 0. The van der Waals surface area contributed by atoms with Crippen molar-refractivity contribution in [3.63, 3.8) is 0 Å². The third-order valence-electron chi connectivity index (χ3n) is 3.26. The van der Waals surface area contributed by atoms with Crippen LogP contribution in [0.15, 0.2) is 54.6 Å². The zero-order valence-electron chi connectivity index (χ0n) is 11.1. The van der Waals surface area contributed by atoms with Crippen LogP contribution in [0.3, 0.4) is 0 Å². The van der Waals surface area contributed by atoms with Crippen LogP contribution in [0.5, 0.6) is 11.5 Å². The Hall–Kier alpha value is -2.19. The molecule has 100 valence electrons. The third-order valence-corrected chi connectivity index (χ3v) is 3.59. The fraction of sp³-hybridized carbons (Fsp3) is 0.0588. The van der Waals surface area contributed by atoms with Crippen LogP contribution in [-0.2, 0) is 0 Å². The molecule has 3 heteroatoms. The molecule has 0 spiro atoms. The Morgan fingerprint density at radius 2 is 1.70 bits per heavy atom. The van der Waals surface area contributed by atoms with Gasteiger partial charge in [0.2, 0.25) is 0 Å². The number of halogens is 1. The molecule has 0 saturated carbocycles. The predicted octanol–water partition coefficient (Wildman–Crippen LogP) is 5.18. The second-order valence-corrected chi connectivity index (χ2v) is 5.13. The maximum Gasteiger partial charge on any atom is 0.135 e. The van der Waals surface area contributed by atoms with Crippen LogP contribution in [0.2, 0.25) is 5.02 Å². The molecule has 0 amide bonds. The zero-order chi connectivity index (χ0) is 14.1. The average molecular weight is 284 g/mol. The molecular weight excluding hydrogens is 270 g/mol. The van der Waals surface area contributed by atoms with Crippen LogP contribution in [0.25, 0.3) is 10.8 Å². The smallest absolute Gasteiger partial charge is 0.135 e. The van der Waals surface area contributed by atoms with Gasteiger partial charge in [0.15, 0.2) is 0 Å². The van der Waals surface area contributed by atoms with E-state index < -0.39 is 0 Å². The summed E-state index contributed by atoms with van der Waals surface area (Å²) in [5.74, 6) is 1.53. The van der Waals surface area contributed by atoms with Gasteiger partial charge < -0.3 is 10.5 Å². The van der Waals surface area contributed by atoms with Crippen molar-refractivity contribution < 1.29 is 4.74 Å². The van der Waals surface area contributed by atoms with Crippen molar-refractivity contribution >= 4 is 28.1 Å². The maximum absolute atomic E-state index is 6.07. The summed E-state index contributed by atoms with van der Waals surface area (Å²) < 4.78 is 6.02. The van der Waals surface area contributed by atoms with Gasteiger partial charge in [0, 0.05) is 11.5 Å². The van der Waals surface area contributed by atoms with Gasteiger partial charge in [-0.3, -0.25) is 0 Å². The minimum Gasteiger partial charge on any atom is -0.456 e. The van der Waals surface area contributed by atoms with E-state index in [2.05, 4.69) is 12.1 Å². The topological polar surface area (TPSA) is 35.2 Å². The highest BCUT2D eigenvalue weighted by Gasteiger charge is 2.08. The van der Waals surface area contributed by atoms with Crippen molar-refractivity contribution in [2.45, 2.75) is 6.92 Å². The van der Waals surface area contributed by atoms with Crippen molar-refractivity contribution in [3.8, 4) is 11.5 Å². The molecule has 0 fully saturated rings. The van der Waals surface area contributed by atoms with Crippen molar-refractivity contribution in [1.29, 1.82) is 0 Å². The Bertz CT molecular complexity index is 778. The number of hydrogen-bond acceptors (Lipinski definition) is 2. The van der Waals surface area contributed by atoms with E-state index in [4.69, 9.17) is 22.1 Å². The van der Waals surface area contributed by atoms with E-state index in [9.17, 15) is 0 Å². The number of anilines is 1. The van der Waals surface area contributed by atoms with E-state index in [0.717, 1.165) is 27.8 Å². The van der Waals surface area contributed by atoms with Crippen LogP contribution in [-0.4, -0.2) is 0 Å². The molecule has 0 saturated heterocycles. The largest absolute Gasteiger partial charge is 0.456 e. The molecule has 0 heterocycles. The molecule has 0 aliphatic rings. The van der Waals surface area contributed by atoms with Gasteiger partial charge in [0.1, 0.15) is 11.5 Å². The molecule has 0 aliphatic carbocycles. The van der Waals surface area contributed by atoms with Crippen molar-refractivity contribution in [1.82, 2.24) is 0 Å². The highest BCUT2D eigenvalue weighted by molar-refractivity contribution is 6.33. The molecule has 0 unspecified atom stereocenters. The molecule has 0 aromatic heterocycles. The minimum absolute atomic E-state index is 0.505. The lowest BCUT2D eigenvalue weighted by molar-refractivity contribution is 0.484. The van der Waals surface area contributed by atoms with Crippen LogP contribution in [0.1, 0.15) is 5.56 Å². The second-order valence-electron chi connectivity index (χ2n) is 4.72. The molecule has 2 N–H and O–H groups in total. The number of nitrogens with two attached hydrogens (primary N) is 1. The molecule has 2 nitrogen and oxygen atoms in total. The lowest BCUT2D eigenvalue weighted by atomic mass is 10.1. The molecule has 0 radical (unpaired) electrons. The first-order chi connectivity index (χ1) is 9.65. The highest BCUT2D eigenvalue weighted by Crippen LogP contribution is 2.34. The molecular formula is C17H14ClNO. The summed E-state index contributed by atoms with van der Waals surface area (Å²) in [5.41, 5.74) is 7.31. The number of aryl methyl sites for hydroxylation is 1. The molecule has 3 aromatic rings. The number of ether oxygens (including phenoxy) is 1. The maximum atomic E-state index is 6.07. The average Bonchev–Trinajstić information content (AvgIpc) is 2.45. The number of hydrogen-bond donors (Lipinski definition) is 1. The summed E-state index contributed by atoms with van der Waals surface area (Å²) in [6, 6.07) is 17.7. The third kappa shape index (κ3) is 2.30. The minimum atomic E-state index is 0.505. The quantitative estimate of drug-likeness (QED) is 0.658. The van der Waals surface area contributed by atoms with Crippen molar-refractivity contribution in [3.05, 3.63) is 65.2 Å². The Kier molecular flexibility index (Phi) is 3.25. The SMILES string of the molecule is Cc1cc(N)c(Cl)cc1Oc1cccc2ccccc12. The fourth-order valence-corrected chi connectivity index (χ4v) is 2.35. The Balaban J connectivity index is 2.08. The second kappa shape index (κ2) is 5.06. The van der Waals surface area contributed by atoms with Gasteiger partial charge >= 0.3 is 0 Å². The van der Waals surface area contributed by atoms with E-state index in [0.29, 0.717) is 10.7 Å². The van der Waals surface area contributed by atoms with E-state index in [1.165, 1.54) is 0 Å². The normalized spacial score (nSPS) is 10.7. The van der Waals surface area contributed by atoms with Gasteiger partial charge in [-0.05, 0) is 30.0 Å². The summed E-state index contributed by atoms with van der Waals surface area (Å²) >= 11 is 6.07. The fourth-order valence-electron chi connectivity index (χ4n) is 2.20. The van der Waals surface area contributed by atoms with E-state index in [-0.39, 0.29) is 0 Å². The van der Waals surface area contributed by atoms with Crippen molar-refractivity contribution in [2.75, 3.05) is 5.73 Å². The van der Waals surface area contributed by atoms with E-state index in [1.54, 1.807) is 6.07 Å². The van der Waals surface area contributed by atoms with Gasteiger partial charge in [-0.1, -0.05) is 48.0 Å². The number of nitrogen functional groups attached to an aromatic ring is 1. The molecule has 3 rings (SSSR count). The van der Waals surface area contributed by atoms with Crippen molar-refractivity contribution in [2.24, 2.45) is 0 Å². The number of rotatable bonds is 2. The Morgan fingerprint density at radius 3 is 2.55 bits per heavy atom. The lowest BCUT2D eigenvalue weighted by Crippen LogP contribution is -1.92. The zero-order valence-corrected chi connectivity index (χ0v) is 11.8. The van der Waals surface area contributed by atoms with Crippen LogP contribution < -0.4 is 10.5 Å². The number of fused-ring (bicyclic) bond motifs is 1. The highest BCUT2D eigenvalue weighted by atomic mass is 35.5. The van der Waals surface area contributed by atoms with Gasteiger partial charge in [0.05, 0.1) is 10.7 Å². The lowest BCUT2D eigenvalue weighted by Gasteiger charge is -2.12. The predicted molar refractivity (Wildman–Crippen MR) is 84.6 cm³/mol. The van der Waals surface area contributed by atoms with Gasteiger partial charge in [-0.2, -0.15) is 0 Å². The van der Waals surface area contributed by atoms with E-state index in [1.807, 2.05) is 43.3 Å². The molecule has 20 heavy (non-hydrogen) atoms. The summed E-state index contributed by atoms with van der Waals surface area (Å²) in [6.45, 7) is 1.95. The van der Waals surface area contributed by atoms with Gasteiger partial charge in [0.25, 0.3) is 0 Å². The molecule has 3 aromatic carbocycles. The molecule has 0 bridgehead atoms. The summed E-state index contributed by atoms with van der Waals surface area (Å²) in [4.78, 5) is 0. The monoisotopic (exact) mass is 283 g/mol. The number of benzene rings is 3. The Labute approximate surface area is 122 Å². The standard InChI is InChI=1S/C17H14ClNO/c1-11-9-15(19)14(18)10-17(11)20-16-8-4-6-12-5-2-3-7-13(12)16/h2-10H,19H2,1H3. The summed E-state index contributed by atoms with van der Waals surface area (Å²) in [5, 5.41) is 2.72. The first-order valence-electron chi connectivity index (χ1n) is 6.36. The first kappa shape index (κ1) is 12.8. The first-order valence-corrected chi connectivity index (χ1v) is 6.74. The van der Waals surface area contributed by atoms with Crippen LogP contribution >= 0.6 is 11.6 Å². The Morgan fingerprint density at radius 1 is 0.950 bits per heavy atom. The van der Waals surface area contributed by atoms with E-state index >= 15 is 0 Å². The van der Waals surface area contributed by atoms with Gasteiger partial charge in [-0.15, -0.1) is 0 Å². The molecule has 0 atom stereocenters.